The number of rotatable bonds is 10. The summed E-state index contributed by atoms with van der Waals surface area (Å²) in [5.74, 6) is 0.698. The minimum Gasteiger partial charge on any atom is -0.311 e. The van der Waals surface area contributed by atoms with Crippen LogP contribution in [-0.2, 0) is 5.41 Å². The summed E-state index contributed by atoms with van der Waals surface area (Å²) in [5.41, 5.74) is 14.9. The maximum Gasteiger partial charge on any atom is 0.0561 e. The van der Waals surface area contributed by atoms with E-state index >= 15 is 0 Å². The summed E-state index contributed by atoms with van der Waals surface area (Å²) in [7, 11) is 0. The van der Waals surface area contributed by atoms with Gasteiger partial charge in [-0.25, -0.2) is 0 Å². The van der Waals surface area contributed by atoms with Gasteiger partial charge in [0, 0.05) is 56.0 Å². The van der Waals surface area contributed by atoms with Gasteiger partial charge in [0.05, 0.1) is 11.0 Å². The Bertz CT molecular complexity index is 2900. The highest BCUT2D eigenvalue weighted by Gasteiger charge is 2.37. The lowest BCUT2D eigenvalue weighted by atomic mass is 9.73. The maximum absolute atomic E-state index is 2.42. The molecule has 0 saturated heterocycles. The quantitative estimate of drug-likeness (QED) is 0.136. The highest BCUT2D eigenvalue weighted by molar-refractivity contribution is 6.10. The molecule has 0 atom stereocenters. The van der Waals surface area contributed by atoms with Crippen LogP contribution in [0.1, 0.15) is 80.4 Å². The van der Waals surface area contributed by atoms with Gasteiger partial charge in [-0.05, 0) is 139 Å². The first-order valence-electron chi connectivity index (χ1n) is 22.8. The molecule has 2 saturated carbocycles. The van der Waals surface area contributed by atoms with E-state index in [9.17, 15) is 0 Å². The number of fused-ring (bicyclic) bond motifs is 3. The van der Waals surface area contributed by atoms with Gasteiger partial charge in [0.25, 0.3) is 0 Å². The Labute approximate surface area is 366 Å². The van der Waals surface area contributed by atoms with Crippen LogP contribution in [0.5, 0.6) is 0 Å². The molecule has 0 aliphatic heterocycles. The number of benzene rings is 8. The highest BCUT2D eigenvalue weighted by atomic mass is 15.1. The Kier molecular flexibility index (Phi) is 10.2. The zero-order valence-electron chi connectivity index (χ0n) is 35.4. The second-order valence-electron chi connectivity index (χ2n) is 17.5. The summed E-state index contributed by atoms with van der Waals surface area (Å²) in [6, 6.07) is 76.6. The highest BCUT2D eigenvalue weighted by Crippen LogP contribution is 2.49. The van der Waals surface area contributed by atoms with Crippen molar-refractivity contribution in [2.45, 2.75) is 69.1 Å². The first-order chi connectivity index (χ1) is 30.7. The number of hydrogen-bond donors (Lipinski definition) is 0. The fraction of sp³-hybridized carbons (Fsp3) is 0.186. The molecule has 9 aromatic rings. The largest absolute Gasteiger partial charge is 0.311 e. The molecule has 0 spiro atoms. The van der Waals surface area contributed by atoms with Crippen LogP contribution >= 0.6 is 0 Å². The van der Waals surface area contributed by atoms with Crippen molar-refractivity contribution in [1.82, 2.24) is 4.57 Å². The minimum atomic E-state index is -0.0244. The van der Waals surface area contributed by atoms with E-state index in [0.717, 1.165) is 35.6 Å². The third kappa shape index (κ3) is 6.96. The molecule has 0 bridgehead atoms. The van der Waals surface area contributed by atoms with E-state index in [-0.39, 0.29) is 5.41 Å². The molecule has 1 aromatic heterocycles. The first-order valence-corrected chi connectivity index (χ1v) is 22.8. The third-order valence-corrected chi connectivity index (χ3v) is 14.0. The van der Waals surface area contributed by atoms with Gasteiger partial charge in [0.15, 0.2) is 0 Å². The SMILES string of the molecule is c1ccc(N(c2ccc(C3CCCCC3)cc2)c2ccc(C3(c4ccc(N(c5ccccc5)c5ccc6c7ccccc7n(-c7ccccc7)c6c5)cc4)CCCC3)cc2)cc1. The fourth-order valence-corrected chi connectivity index (χ4v) is 10.9. The minimum absolute atomic E-state index is 0.0244. The third-order valence-electron chi connectivity index (χ3n) is 14.0. The van der Waals surface area contributed by atoms with Crippen LogP contribution in [0.4, 0.5) is 34.1 Å². The zero-order valence-corrected chi connectivity index (χ0v) is 35.4. The molecule has 0 unspecified atom stereocenters. The van der Waals surface area contributed by atoms with Crippen LogP contribution < -0.4 is 9.80 Å². The van der Waals surface area contributed by atoms with Gasteiger partial charge >= 0.3 is 0 Å². The van der Waals surface area contributed by atoms with Gasteiger partial charge in [-0.15, -0.1) is 0 Å². The van der Waals surface area contributed by atoms with Crippen molar-refractivity contribution in [3.63, 3.8) is 0 Å². The zero-order chi connectivity index (χ0) is 41.3. The molecular formula is C59H53N3. The molecule has 2 aliphatic carbocycles. The molecule has 0 amide bonds. The fourth-order valence-electron chi connectivity index (χ4n) is 10.9. The maximum atomic E-state index is 2.42. The topological polar surface area (TPSA) is 11.4 Å². The van der Waals surface area contributed by atoms with E-state index in [4.69, 9.17) is 0 Å². The van der Waals surface area contributed by atoms with Gasteiger partial charge in [-0.2, -0.15) is 0 Å². The molecule has 304 valence electrons. The van der Waals surface area contributed by atoms with Gasteiger partial charge < -0.3 is 14.4 Å². The van der Waals surface area contributed by atoms with Crippen molar-refractivity contribution in [3.8, 4) is 5.69 Å². The van der Waals surface area contributed by atoms with E-state index in [2.05, 4.69) is 221 Å². The number of hydrogen-bond acceptors (Lipinski definition) is 2. The van der Waals surface area contributed by atoms with Crippen molar-refractivity contribution in [2.75, 3.05) is 9.80 Å². The second kappa shape index (κ2) is 16.6. The standard InChI is InChI=1S/C59H53N3/c1-5-17-44(18-6-1)45-27-33-51(34-28-45)60(48-19-7-2-8-20-48)52-35-29-46(30-36-52)59(41-15-16-42-59)47-31-37-53(38-32-47)61(49-21-9-3-10-22-49)54-39-40-56-55-25-13-14-26-57(55)62(58(56)43-54)50-23-11-4-12-24-50/h2-4,7-14,19-40,43-44H,1,5-6,15-18,41-42H2. The molecule has 2 aliphatic rings. The Hall–Kier alpha value is -6.84. The van der Waals surface area contributed by atoms with E-state index in [1.807, 2.05) is 0 Å². The molecule has 1 heterocycles. The average Bonchev–Trinajstić information content (AvgIpc) is 3.98. The average molecular weight is 804 g/mol. The molecule has 0 radical (unpaired) electrons. The molecule has 2 fully saturated rings. The Morgan fingerprint density at radius 1 is 0.371 bits per heavy atom. The van der Waals surface area contributed by atoms with Crippen molar-refractivity contribution in [3.05, 3.63) is 223 Å². The Morgan fingerprint density at radius 3 is 1.40 bits per heavy atom. The van der Waals surface area contributed by atoms with Crippen LogP contribution in [-0.4, -0.2) is 4.57 Å². The molecule has 0 N–H and O–H groups in total. The molecule has 62 heavy (non-hydrogen) atoms. The summed E-state index contributed by atoms with van der Waals surface area (Å²) < 4.78 is 2.41. The van der Waals surface area contributed by atoms with Crippen molar-refractivity contribution >= 4 is 55.9 Å². The molecular weight excluding hydrogens is 751 g/mol. The normalized spacial score (nSPS) is 15.2. The summed E-state index contributed by atoms with van der Waals surface area (Å²) >= 11 is 0. The summed E-state index contributed by atoms with van der Waals surface area (Å²) in [4.78, 5) is 4.83. The second-order valence-corrected chi connectivity index (χ2v) is 17.5. The summed E-state index contributed by atoms with van der Waals surface area (Å²) in [6.07, 6.45) is 11.5. The van der Waals surface area contributed by atoms with E-state index < -0.39 is 0 Å². The van der Waals surface area contributed by atoms with Crippen molar-refractivity contribution in [2.24, 2.45) is 0 Å². The van der Waals surface area contributed by atoms with Gasteiger partial charge in [0.1, 0.15) is 0 Å². The lowest BCUT2D eigenvalue weighted by molar-refractivity contribution is 0.443. The monoisotopic (exact) mass is 803 g/mol. The predicted molar refractivity (Wildman–Crippen MR) is 262 cm³/mol. The number of anilines is 6. The lowest BCUT2D eigenvalue weighted by Crippen LogP contribution is -2.24. The van der Waals surface area contributed by atoms with E-state index in [1.54, 1.807) is 0 Å². The van der Waals surface area contributed by atoms with Crippen LogP contribution in [0.3, 0.4) is 0 Å². The Morgan fingerprint density at radius 2 is 0.823 bits per heavy atom. The molecule has 8 aromatic carbocycles. The van der Waals surface area contributed by atoms with Crippen LogP contribution in [0.25, 0.3) is 27.5 Å². The van der Waals surface area contributed by atoms with Crippen LogP contribution in [0, 0.1) is 0 Å². The lowest BCUT2D eigenvalue weighted by Gasteiger charge is -2.33. The van der Waals surface area contributed by atoms with Crippen LogP contribution in [0.15, 0.2) is 206 Å². The number of para-hydroxylation sites is 4. The van der Waals surface area contributed by atoms with E-state index in [1.165, 1.54) is 101 Å². The number of nitrogens with zero attached hydrogens (tertiary/aromatic N) is 3. The summed E-state index contributed by atoms with van der Waals surface area (Å²) in [6.45, 7) is 0. The first kappa shape index (κ1) is 38.1. The molecule has 3 heteroatoms. The smallest absolute Gasteiger partial charge is 0.0561 e. The van der Waals surface area contributed by atoms with E-state index in [0.29, 0.717) is 5.92 Å². The van der Waals surface area contributed by atoms with Crippen molar-refractivity contribution < 1.29 is 0 Å². The Balaban J connectivity index is 0.942. The van der Waals surface area contributed by atoms with Gasteiger partial charge in [0.2, 0.25) is 0 Å². The molecule has 3 nitrogen and oxygen atoms in total. The van der Waals surface area contributed by atoms with Gasteiger partial charge in [-0.1, -0.05) is 147 Å². The number of aromatic nitrogens is 1. The van der Waals surface area contributed by atoms with Gasteiger partial charge in [-0.3, -0.25) is 0 Å². The predicted octanol–water partition coefficient (Wildman–Crippen LogP) is 16.6. The molecule has 11 rings (SSSR count). The van der Waals surface area contributed by atoms with Crippen LogP contribution in [0.2, 0.25) is 0 Å². The summed E-state index contributed by atoms with van der Waals surface area (Å²) in [5, 5.41) is 2.52. The van der Waals surface area contributed by atoms with Crippen molar-refractivity contribution in [1.29, 1.82) is 0 Å².